The van der Waals surface area contributed by atoms with Gasteiger partial charge in [0.15, 0.2) is 0 Å². The molecule has 2 heteroatoms. The minimum Gasteiger partial charge on any atom is -0.311 e. The van der Waals surface area contributed by atoms with Gasteiger partial charge in [-0.25, -0.2) is 0 Å². The average molecular weight is 293 g/mol. The summed E-state index contributed by atoms with van der Waals surface area (Å²) in [5, 5.41) is 3.98. The molecule has 1 aliphatic heterocycles. The maximum Gasteiger partial charge on any atom is 0.0329 e. The zero-order valence-electron chi connectivity index (χ0n) is 14.4. The summed E-state index contributed by atoms with van der Waals surface area (Å²) in [5.41, 5.74) is 0.445. The van der Waals surface area contributed by atoms with Crippen molar-refractivity contribution in [3.63, 3.8) is 0 Å². The third kappa shape index (κ3) is 3.32. The summed E-state index contributed by atoms with van der Waals surface area (Å²) in [5.74, 6) is 1.96. The van der Waals surface area contributed by atoms with E-state index in [0.29, 0.717) is 5.54 Å². The van der Waals surface area contributed by atoms with E-state index < -0.39 is 0 Å². The highest BCUT2D eigenvalue weighted by Gasteiger charge is 2.42. The number of nitrogens with zero attached hydrogens (tertiary/aromatic N) is 1. The van der Waals surface area contributed by atoms with E-state index in [1.165, 1.54) is 83.8 Å². The van der Waals surface area contributed by atoms with E-state index in [9.17, 15) is 0 Å². The fourth-order valence-electron chi connectivity index (χ4n) is 4.98. The lowest BCUT2D eigenvalue weighted by molar-refractivity contribution is -0.00550. The Morgan fingerprint density at radius 2 is 1.67 bits per heavy atom. The van der Waals surface area contributed by atoms with Crippen molar-refractivity contribution in [3.05, 3.63) is 0 Å². The summed E-state index contributed by atoms with van der Waals surface area (Å²) < 4.78 is 0. The third-order valence-corrected chi connectivity index (χ3v) is 7.02. The van der Waals surface area contributed by atoms with Crippen LogP contribution in [0.1, 0.15) is 78.1 Å². The number of rotatable bonds is 5. The monoisotopic (exact) mass is 292 g/mol. The normalized spacial score (nSPS) is 32.0. The van der Waals surface area contributed by atoms with Crippen molar-refractivity contribution >= 4 is 0 Å². The molecule has 3 fully saturated rings. The van der Waals surface area contributed by atoms with Gasteiger partial charge in [0, 0.05) is 31.2 Å². The molecule has 122 valence electrons. The molecular weight excluding hydrogens is 256 g/mol. The van der Waals surface area contributed by atoms with Crippen LogP contribution in [-0.2, 0) is 0 Å². The lowest BCUT2D eigenvalue weighted by Gasteiger charge is -2.53. The summed E-state index contributed by atoms with van der Waals surface area (Å²) in [4.78, 5) is 2.92. The second kappa shape index (κ2) is 7.00. The van der Waals surface area contributed by atoms with Gasteiger partial charge in [-0.1, -0.05) is 39.5 Å². The van der Waals surface area contributed by atoms with Gasteiger partial charge >= 0.3 is 0 Å². The SMILES string of the molecule is CCC1(CC)CNC(C2CCCCC2)CN1CC1CCC1. The van der Waals surface area contributed by atoms with Gasteiger partial charge in [-0.05, 0) is 50.4 Å². The zero-order chi connectivity index (χ0) is 14.7. The summed E-state index contributed by atoms with van der Waals surface area (Å²) in [7, 11) is 0. The van der Waals surface area contributed by atoms with Crippen LogP contribution in [0.25, 0.3) is 0 Å². The largest absolute Gasteiger partial charge is 0.311 e. The standard InChI is InChI=1S/C19H36N2/c1-3-19(4-2)15-20-18(17-11-6-5-7-12-17)14-21(19)13-16-9-8-10-16/h16-18,20H,3-15H2,1-2H3. The molecule has 1 saturated heterocycles. The number of nitrogens with one attached hydrogen (secondary N) is 1. The van der Waals surface area contributed by atoms with Crippen LogP contribution in [-0.4, -0.2) is 36.1 Å². The van der Waals surface area contributed by atoms with Crippen LogP contribution < -0.4 is 5.32 Å². The maximum atomic E-state index is 3.98. The smallest absolute Gasteiger partial charge is 0.0329 e. The molecule has 21 heavy (non-hydrogen) atoms. The highest BCUT2D eigenvalue weighted by molar-refractivity contribution is 5.00. The van der Waals surface area contributed by atoms with E-state index in [4.69, 9.17) is 0 Å². The van der Waals surface area contributed by atoms with E-state index in [0.717, 1.165) is 17.9 Å². The predicted octanol–water partition coefficient (Wildman–Crippen LogP) is 4.20. The van der Waals surface area contributed by atoms with Crippen molar-refractivity contribution in [1.29, 1.82) is 0 Å². The average Bonchev–Trinajstić information content (AvgIpc) is 2.51. The molecule has 2 saturated carbocycles. The summed E-state index contributed by atoms with van der Waals surface area (Å²) in [6.07, 6.45) is 14.4. The van der Waals surface area contributed by atoms with E-state index in [2.05, 4.69) is 24.1 Å². The van der Waals surface area contributed by atoms with E-state index in [1.54, 1.807) is 0 Å². The molecular formula is C19H36N2. The van der Waals surface area contributed by atoms with Crippen molar-refractivity contribution in [2.75, 3.05) is 19.6 Å². The van der Waals surface area contributed by atoms with Crippen LogP contribution in [0, 0.1) is 11.8 Å². The lowest BCUT2D eigenvalue weighted by Crippen LogP contribution is -2.66. The number of hydrogen-bond donors (Lipinski definition) is 1. The number of piperazine rings is 1. The predicted molar refractivity (Wildman–Crippen MR) is 90.6 cm³/mol. The Hall–Kier alpha value is -0.0800. The molecule has 0 aromatic heterocycles. The Kier molecular flexibility index (Phi) is 5.27. The molecule has 0 amide bonds. The maximum absolute atomic E-state index is 3.98. The molecule has 1 N–H and O–H groups in total. The first-order valence-electron chi connectivity index (χ1n) is 9.76. The molecule has 2 aliphatic carbocycles. The molecule has 1 atom stereocenters. The first-order valence-corrected chi connectivity index (χ1v) is 9.76. The molecule has 1 heterocycles. The molecule has 2 nitrogen and oxygen atoms in total. The zero-order valence-corrected chi connectivity index (χ0v) is 14.4. The van der Waals surface area contributed by atoms with Gasteiger partial charge in [0.2, 0.25) is 0 Å². The van der Waals surface area contributed by atoms with Gasteiger partial charge < -0.3 is 5.32 Å². The summed E-state index contributed by atoms with van der Waals surface area (Å²) in [6, 6.07) is 0.775. The fourth-order valence-corrected chi connectivity index (χ4v) is 4.98. The summed E-state index contributed by atoms with van der Waals surface area (Å²) in [6.45, 7) is 8.74. The van der Waals surface area contributed by atoms with Crippen LogP contribution >= 0.6 is 0 Å². The molecule has 3 rings (SSSR count). The summed E-state index contributed by atoms with van der Waals surface area (Å²) >= 11 is 0. The van der Waals surface area contributed by atoms with Gasteiger partial charge in [0.25, 0.3) is 0 Å². The third-order valence-electron chi connectivity index (χ3n) is 7.02. The highest BCUT2D eigenvalue weighted by Crippen LogP contribution is 2.36. The topological polar surface area (TPSA) is 15.3 Å². The minimum atomic E-state index is 0.445. The van der Waals surface area contributed by atoms with Crippen molar-refractivity contribution in [2.24, 2.45) is 11.8 Å². The molecule has 3 aliphatic rings. The van der Waals surface area contributed by atoms with Gasteiger partial charge in [-0.15, -0.1) is 0 Å². The van der Waals surface area contributed by atoms with Gasteiger partial charge in [-0.3, -0.25) is 4.90 Å². The Bertz CT molecular complexity index is 314. The quantitative estimate of drug-likeness (QED) is 0.817. The van der Waals surface area contributed by atoms with Crippen molar-refractivity contribution in [3.8, 4) is 0 Å². The van der Waals surface area contributed by atoms with Crippen LogP contribution in [0.15, 0.2) is 0 Å². The van der Waals surface area contributed by atoms with Crippen LogP contribution in [0.3, 0.4) is 0 Å². The van der Waals surface area contributed by atoms with Crippen molar-refractivity contribution in [2.45, 2.75) is 89.6 Å². The van der Waals surface area contributed by atoms with E-state index in [1.807, 2.05) is 0 Å². The van der Waals surface area contributed by atoms with Crippen LogP contribution in [0.2, 0.25) is 0 Å². The number of hydrogen-bond acceptors (Lipinski definition) is 2. The molecule has 0 aromatic carbocycles. The van der Waals surface area contributed by atoms with E-state index >= 15 is 0 Å². The van der Waals surface area contributed by atoms with Gasteiger partial charge in [-0.2, -0.15) is 0 Å². The first kappa shape index (κ1) is 15.8. The second-order valence-electron chi connectivity index (χ2n) is 8.02. The molecule has 0 radical (unpaired) electrons. The molecule has 0 aromatic rings. The molecule has 1 unspecified atom stereocenters. The van der Waals surface area contributed by atoms with Crippen molar-refractivity contribution < 1.29 is 0 Å². The lowest BCUT2D eigenvalue weighted by atomic mass is 9.78. The first-order chi connectivity index (χ1) is 10.3. The Balaban J connectivity index is 1.65. The van der Waals surface area contributed by atoms with Crippen LogP contribution in [0.5, 0.6) is 0 Å². The van der Waals surface area contributed by atoms with Crippen LogP contribution in [0.4, 0.5) is 0 Å². The van der Waals surface area contributed by atoms with Gasteiger partial charge in [0.1, 0.15) is 0 Å². The second-order valence-corrected chi connectivity index (χ2v) is 8.02. The van der Waals surface area contributed by atoms with Gasteiger partial charge in [0.05, 0.1) is 0 Å². The minimum absolute atomic E-state index is 0.445. The van der Waals surface area contributed by atoms with E-state index in [-0.39, 0.29) is 0 Å². The molecule has 0 spiro atoms. The Labute approximate surface area is 132 Å². The Morgan fingerprint density at radius 3 is 2.24 bits per heavy atom. The Morgan fingerprint density at radius 1 is 0.952 bits per heavy atom. The van der Waals surface area contributed by atoms with Crippen molar-refractivity contribution in [1.82, 2.24) is 10.2 Å². The molecule has 0 bridgehead atoms. The fraction of sp³-hybridized carbons (Fsp3) is 1.00. The highest BCUT2D eigenvalue weighted by atomic mass is 15.3.